The number of alkyl halides is 3. The van der Waals surface area contributed by atoms with Crippen LogP contribution in [-0.2, 0) is 6.18 Å². The van der Waals surface area contributed by atoms with E-state index in [2.05, 4.69) is 15.3 Å². The van der Waals surface area contributed by atoms with Gasteiger partial charge in [0.15, 0.2) is 0 Å². The van der Waals surface area contributed by atoms with E-state index >= 15 is 0 Å². The molecule has 2 aromatic heterocycles. The summed E-state index contributed by atoms with van der Waals surface area (Å²) in [6.07, 6.45) is -1.95. The quantitative estimate of drug-likeness (QED) is 0.472. The van der Waals surface area contributed by atoms with Gasteiger partial charge in [-0.05, 0) is 36.8 Å². The molecule has 4 aromatic rings. The number of rotatable bonds is 2. The number of H-pyrrole nitrogens is 2. The van der Waals surface area contributed by atoms with E-state index in [-0.39, 0.29) is 5.56 Å². The van der Waals surface area contributed by atoms with Gasteiger partial charge in [-0.3, -0.25) is 9.59 Å². The number of hydrogen-bond acceptors (Lipinski definition) is 2. The van der Waals surface area contributed by atoms with Crippen LogP contribution in [0.25, 0.3) is 21.8 Å². The van der Waals surface area contributed by atoms with E-state index in [1.54, 1.807) is 25.1 Å². The Balaban J connectivity index is 1.81. The molecule has 0 spiro atoms. The number of carbonyl (C=O) groups excluding carboxylic acids is 1. The van der Waals surface area contributed by atoms with Gasteiger partial charge in [-0.2, -0.15) is 13.2 Å². The number of anilines is 1. The number of aromatic amines is 2. The van der Waals surface area contributed by atoms with Crippen LogP contribution >= 0.6 is 0 Å². The zero-order chi connectivity index (χ0) is 20.1. The molecule has 142 valence electrons. The number of carbonyl (C=O) groups is 1. The lowest BCUT2D eigenvalue weighted by Crippen LogP contribution is -2.23. The van der Waals surface area contributed by atoms with Crippen molar-refractivity contribution in [3.05, 3.63) is 75.7 Å². The van der Waals surface area contributed by atoms with Crippen molar-refractivity contribution in [2.75, 3.05) is 5.32 Å². The number of nitrogens with one attached hydrogen (secondary N) is 3. The van der Waals surface area contributed by atoms with Crippen LogP contribution in [0, 0.1) is 6.92 Å². The first kappa shape index (κ1) is 17.8. The fourth-order valence-electron chi connectivity index (χ4n) is 3.24. The molecule has 0 aliphatic rings. The minimum Gasteiger partial charge on any atom is -0.361 e. The summed E-state index contributed by atoms with van der Waals surface area (Å²) in [6.45, 7) is 1.72. The summed E-state index contributed by atoms with van der Waals surface area (Å²) >= 11 is 0. The minimum absolute atomic E-state index is 0.262. The van der Waals surface area contributed by atoms with E-state index < -0.39 is 28.8 Å². The molecule has 0 fully saturated rings. The smallest absolute Gasteiger partial charge is 0.361 e. The maximum atomic E-state index is 13.4. The number of aromatic nitrogens is 2. The molecule has 28 heavy (non-hydrogen) atoms. The van der Waals surface area contributed by atoms with E-state index in [1.807, 2.05) is 0 Å². The fraction of sp³-hybridized carbons (Fsp3) is 0.100. The van der Waals surface area contributed by atoms with Gasteiger partial charge < -0.3 is 15.3 Å². The van der Waals surface area contributed by atoms with Crippen molar-refractivity contribution in [2.24, 2.45) is 0 Å². The summed E-state index contributed by atoms with van der Waals surface area (Å²) in [5.74, 6) is -0.914. The van der Waals surface area contributed by atoms with Gasteiger partial charge in [0, 0.05) is 34.2 Å². The molecule has 5 nitrogen and oxygen atoms in total. The molecule has 0 radical (unpaired) electrons. The van der Waals surface area contributed by atoms with Gasteiger partial charge in [-0.1, -0.05) is 12.1 Å². The van der Waals surface area contributed by atoms with Crippen LogP contribution in [0.3, 0.4) is 0 Å². The molecule has 4 rings (SSSR count). The first-order valence-electron chi connectivity index (χ1n) is 8.36. The van der Waals surface area contributed by atoms with Gasteiger partial charge in [0.05, 0.1) is 11.3 Å². The molecule has 2 aromatic carbocycles. The Morgan fingerprint density at radius 2 is 1.86 bits per heavy atom. The van der Waals surface area contributed by atoms with Gasteiger partial charge in [-0.15, -0.1) is 0 Å². The van der Waals surface area contributed by atoms with Gasteiger partial charge >= 0.3 is 6.18 Å². The van der Waals surface area contributed by atoms with Crippen molar-refractivity contribution in [2.45, 2.75) is 13.1 Å². The standard InChI is InChI=1S/C20H14F3N3O2/c1-10-3-2-4-14-17(10)18(27)12(9-25-14)19(28)26-16-8-15-11(5-6-24-15)7-13(16)20(21,22)23/h2-9,24H,1H3,(H,25,27)(H,26,28). The second-order valence-electron chi connectivity index (χ2n) is 6.44. The topological polar surface area (TPSA) is 77.8 Å². The Bertz CT molecular complexity index is 1290. The normalized spacial score (nSPS) is 11.9. The summed E-state index contributed by atoms with van der Waals surface area (Å²) in [5, 5.41) is 2.93. The lowest BCUT2D eigenvalue weighted by Gasteiger charge is -2.14. The van der Waals surface area contributed by atoms with Crippen LogP contribution in [0.1, 0.15) is 21.5 Å². The molecule has 0 bridgehead atoms. The van der Waals surface area contributed by atoms with Crippen molar-refractivity contribution < 1.29 is 18.0 Å². The first-order valence-corrected chi connectivity index (χ1v) is 8.36. The second kappa shape index (κ2) is 6.26. The van der Waals surface area contributed by atoms with E-state index in [0.29, 0.717) is 27.4 Å². The lowest BCUT2D eigenvalue weighted by molar-refractivity contribution is -0.136. The fourth-order valence-corrected chi connectivity index (χ4v) is 3.24. The Labute approximate surface area is 156 Å². The number of halogens is 3. The number of hydrogen-bond donors (Lipinski definition) is 3. The predicted octanol–water partition coefficient (Wildman–Crippen LogP) is 4.59. The highest BCUT2D eigenvalue weighted by Crippen LogP contribution is 2.37. The van der Waals surface area contributed by atoms with E-state index in [1.165, 1.54) is 24.5 Å². The maximum absolute atomic E-state index is 13.4. The molecule has 3 N–H and O–H groups in total. The zero-order valence-electron chi connectivity index (χ0n) is 14.6. The third-order valence-corrected chi connectivity index (χ3v) is 4.61. The molecule has 0 unspecified atom stereocenters. The summed E-state index contributed by atoms with van der Waals surface area (Å²) in [5.41, 5.74) is -0.562. The largest absolute Gasteiger partial charge is 0.418 e. The van der Waals surface area contributed by atoms with Crippen LogP contribution in [-0.4, -0.2) is 15.9 Å². The molecular formula is C20H14F3N3O2. The number of fused-ring (bicyclic) bond motifs is 2. The molecule has 2 heterocycles. The van der Waals surface area contributed by atoms with Gasteiger partial charge in [0.25, 0.3) is 5.91 Å². The molecule has 0 aliphatic heterocycles. The molecule has 8 heteroatoms. The molecule has 0 saturated heterocycles. The van der Waals surface area contributed by atoms with Crippen molar-refractivity contribution in [1.29, 1.82) is 0 Å². The first-order chi connectivity index (χ1) is 13.3. The Kier molecular flexibility index (Phi) is 3.99. The molecule has 1 amide bonds. The van der Waals surface area contributed by atoms with Crippen LogP contribution in [0.5, 0.6) is 0 Å². The van der Waals surface area contributed by atoms with Gasteiger partial charge in [0.2, 0.25) is 5.43 Å². The summed E-state index contributed by atoms with van der Waals surface area (Å²) in [6, 6.07) is 8.83. The highest BCUT2D eigenvalue weighted by atomic mass is 19.4. The van der Waals surface area contributed by atoms with Gasteiger partial charge in [0.1, 0.15) is 5.56 Å². The average molecular weight is 385 g/mol. The van der Waals surface area contributed by atoms with Crippen molar-refractivity contribution >= 4 is 33.4 Å². The Hall–Kier alpha value is -3.55. The summed E-state index contributed by atoms with van der Waals surface area (Å²) < 4.78 is 40.3. The van der Waals surface area contributed by atoms with Crippen molar-refractivity contribution in [1.82, 2.24) is 9.97 Å². The summed E-state index contributed by atoms with van der Waals surface area (Å²) in [4.78, 5) is 31.0. The highest BCUT2D eigenvalue weighted by Gasteiger charge is 2.34. The monoisotopic (exact) mass is 385 g/mol. The van der Waals surface area contributed by atoms with Crippen LogP contribution in [0.15, 0.2) is 53.6 Å². The third kappa shape index (κ3) is 2.92. The molecule has 0 saturated carbocycles. The minimum atomic E-state index is -4.67. The van der Waals surface area contributed by atoms with E-state index in [9.17, 15) is 22.8 Å². The number of pyridine rings is 1. The average Bonchev–Trinajstić information content (AvgIpc) is 3.08. The van der Waals surface area contributed by atoms with Crippen molar-refractivity contribution in [3.8, 4) is 0 Å². The number of aryl methyl sites for hydroxylation is 1. The van der Waals surface area contributed by atoms with Gasteiger partial charge in [-0.25, -0.2) is 0 Å². The molecular weight excluding hydrogens is 371 g/mol. The van der Waals surface area contributed by atoms with Crippen molar-refractivity contribution in [3.63, 3.8) is 0 Å². The second-order valence-corrected chi connectivity index (χ2v) is 6.44. The third-order valence-electron chi connectivity index (χ3n) is 4.61. The van der Waals surface area contributed by atoms with Crippen LogP contribution in [0.2, 0.25) is 0 Å². The molecule has 0 atom stereocenters. The van der Waals surface area contributed by atoms with E-state index in [4.69, 9.17) is 0 Å². The zero-order valence-corrected chi connectivity index (χ0v) is 14.6. The predicted molar refractivity (Wildman–Crippen MR) is 101 cm³/mol. The Morgan fingerprint density at radius 1 is 1.07 bits per heavy atom. The van der Waals surface area contributed by atoms with Crippen LogP contribution in [0.4, 0.5) is 18.9 Å². The summed E-state index contributed by atoms with van der Waals surface area (Å²) in [7, 11) is 0. The molecule has 0 aliphatic carbocycles. The van der Waals surface area contributed by atoms with Crippen LogP contribution < -0.4 is 10.7 Å². The Morgan fingerprint density at radius 3 is 2.61 bits per heavy atom. The number of amides is 1. The lowest BCUT2D eigenvalue weighted by atomic mass is 10.1. The highest BCUT2D eigenvalue weighted by molar-refractivity contribution is 6.07. The SMILES string of the molecule is Cc1cccc2[nH]cc(C(=O)Nc3cc4[nH]ccc4cc3C(F)(F)F)c(=O)c12. The maximum Gasteiger partial charge on any atom is 0.418 e. The number of benzene rings is 2. The van der Waals surface area contributed by atoms with E-state index in [0.717, 1.165) is 6.07 Å².